The molecule has 0 spiro atoms. The molecule has 2 aromatic carbocycles. The maximum absolute atomic E-state index is 12.9. The predicted octanol–water partition coefficient (Wildman–Crippen LogP) is 3.50. The molecule has 9 heteroatoms. The Morgan fingerprint density at radius 3 is 2.38 bits per heavy atom. The number of aromatic nitrogens is 4. The fraction of sp³-hybridized carbons (Fsp3) is 0.320. The number of ether oxygens (including phenoxy) is 2. The number of hydrogen-bond donors (Lipinski definition) is 1. The van der Waals surface area contributed by atoms with E-state index in [0.29, 0.717) is 37.0 Å². The highest BCUT2D eigenvalue weighted by atomic mass is 16.5. The predicted molar refractivity (Wildman–Crippen MR) is 131 cm³/mol. The molecule has 0 unspecified atom stereocenters. The molecule has 0 saturated carbocycles. The molecular weight excluding hydrogens is 434 g/mol. The molecule has 9 nitrogen and oxygen atoms in total. The van der Waals surface area contributed by atoms with E-state index in [0.717, 1.165) is 23.0 Å². The first kappa shape index (κ1) is 23.2. The van der Waals surface area contributed by atoms with E-state index in [1.54, 1.807) is 40.3 Å². The summed E-state index contributed by atoms with van der Waals surface area (Å²) in [5.74, 6) is 1.63. The molecule has 0 fully saturated rings. The van der Waals surface area contributed by atoms with Crippen molar-refractivity contribution in [2.24, 2.45) is 0 Å². The Balaban J connectivity index is 1.48. The number of rotatable bonds is 10. The summed E-state index contributed by atoms with van der Waals surface area (Å²) in [5.41, 5.74) is 2.51. The number of nitrogens with one attached hydrogen (secondary N) is 1. The van der Waals surface area contributed by atoms with Crippen LogP contribution >= 0.6 is 0 Å². The van der Waals surface area contributed by atoms with Crippen LogP contribution in [0, 0.1) is 0 Å². The zero-order chi connectivity index (χ0) is 24.1. The summed E-state index contributed by atoms with van der Waals surface area (Å²) < 4.78 is 16.0. The van der Waals surface area contributed by atoms with Crippen molar-refractivity contribution in [3.63, 3.8) is 0 Å². The summed E-state index contributed by atoms with van der Waals surface area (Å²) >= 11 is 0. The molecule has 1 N–H and O–H groups in total. The molecule has 0 aliphatic carbocycles. The number of nitrogens with zero attached hydrogens (tertiary/aromatic N) is 4. The molecule has 34 heavy (non-hydrogen) atoms. The Kier molecular flexibility index (Phi) is 7.01. The third kappa shape index (κ3) is 4.54. The number of imidazole rings is 1. The van der Waals surface area contributed by atoms with Crippen molar-refractivity contribution in [3.8, 4) is 11.5 Å². The van der Waals surface area contributed by atoms with E-state index in [1.165, 1.54) is 0 Å². The number of para-hydroxylation sites is 3. The van der Waals surface area contributed by atoms with Crippen LogP contribution in [0.5, 0.6) is 11.5 Å². The molecule has 2 heterocycles. The van der Waals surface area contributed by atoms with E-state index in [-0.39, 0.29) is 18.0 Å². The maximum atomic E-state index is 12.9. The van der Waals surface area contributed by atoms with E-state index >= 15 is 0 Å². The topological polar surface area (TPSA) is 92.3 Å². The SMILES string of the molecule is CCCn1c(=O)n(CCC(=O)Nc2ccnn2Cc2cccc(OC)c2OC)c2ccccc21. The molecule has 1 amide bonds. The Hall–Kier alpha value is -4.01. The molecular formula is C25H29N5O4. The van der Waals surface area contributed by atoms with Crippen LogP contribution in [0.15, 0.2) is 59.5 Å². The summed E-state index contributed by atoms with van der Waals surface area (Å²) in [7, 11) is 3.18. The van der Waals surface area contributed by atoms with Crippen molar-refractivity contribution in [2.75, 3.05) is 19.5 Å². The monoisotopic (exact) mass is 463 g/mol. The standard InChI is InChI=1S/C25H29N5O4/c1-4-15-28-19-9-5-6-10-20(19)29(25(28)32)16-13-23(31)27-22-12-14-26-30(22)17-18-8-7-11-21(33-2)24(18)34-3/h5-12,14H,4,13,15-17H2,1-3H3,(H,27,31). The van der Waals surface area contributed by atoms with Gasteiger partial charge in [-0.25, -0.2) is 9.48 Å². The van der Waals surface area contributed by atoms with Gasteiger partial charge >= 0.3 is 5.69 Å². The van der Waals surface area contributed by atoms with Crippen molar-refractivity contribution in [3.05, 3.63) is 70.8 Å². The lowest BCUT2D eigenvalue weighted by atomic mass is 10.2. The van der Waals surface area contributed by atoms with Crippen molar-refractivity contribution in [1.29, 1.82) is 0 Å². The van der Waals surface area contributed by atoms with Crippen molar-refractivity contribution >= 4 is 22.8 Å². The molecule has 0 radical (unpaired) electrons. The minimum Gasteiger partial charge on any atom is -0.493 e. The van der Waals surface area contributed by atoms with Gasteiger partial charge in [-0.3, -0.25) is 13.9 Å². The van der Waals surface area contributed by atoms with Gasteiger partial charge in [-0.2, -0.15) is 5.10 Å². The summed E-state index contributed by atoms with van der Waals surface area (Å²) in [6, 6.07) is 15.0. The van der Waals surface area contributed by atoms with Gasteiger partial charge in [-0.15, -0.1) is 0 Å². The molecule has 0 aliphatic heterocycles. The van der Waals surface area contributed by atoms with Gasteiger partial charge in [0.2, 0.25) is 5.91 Å². The first-order chi connectivity index (χ1) is 16.6. The third-order valence-corrected chi connectivity index (χ3v) is 5.72. The van der Waals surface area contributed by atoms with E-state index in [1.807, 2.05) is 49.4 Å². The largest absolute Gasteiger partial charge is 0.493 e. The number of benzene rings is 2. The van der Waals surface area contributed by atoms with Crippen molar-refractivity contribution in [2.45, 2.75) is 39.4 Å². The Bertz CT molecular complexity index is 1350. The number of anilines is 1. The van der Waals surface area contributed by atoms with Gasteiger partial charge in [0, 0.05) is 31.1 Å². The maximum Gasteiger partial charge on any atom is 0.329 e. The van der Waals surface area contributed by atoms with Gasteiger partial charge in [0.25, 0.3) is 0 Å². The number of carbonyl (C=O) groups is 1. The molecule has 0 atom stereocenters. The lowest BCUT2D eigenvalue weighted by molar-refractivity contribution is -0.116. The van der Waals surface area contributed by atoms with Gasteiger partial charge < -0.3 is 14.8 Å². The van der Waals surface area contributed by atoms with E-state index in [4.69, 9.17) is 9.47 Å². The van der Waals surface area contributed by atoms with Gasteiger partial charge in [0.15, 0.2) is 11.5 Å². The minimum absolute atomic E-state index is 0.0917. The Labute approximate surface area is 197 Å². The van der Waals surface area contributed by atoms with Crippen LogP contribution in [0.25, 0.3) is 11.0 Å². The second kappa shape index (κ2) is 10.3. The number of aryl methyl sites for hydroxylation is 2. The second-order valence-corrected chi connectivity index (χ2v) is 7.90. The Morgan fingerprint density at radius 1 is 0.971 bits per heavy atom. The van der Waals surface area contributed by atoms with Crippen molar-refractivity contribution < 1.29 is 14.3 Å². The van der Waals surface area contributed by atoms with Crippen LogP contribution < -0.4 is 20.5 Å². The van der Waals surface area contributed by atoms with Gasteiger partial charge in [-0.05, 0) is 24.6 Å². The van der Waals surface area contributed by atoms with E-state index < -0.39 is 0 Å². The molecule has 4 aromatic rings. The van der Waals surface area contributed by atoms with Crippen LogP contribution in [0.2, 0.25) is 0 Å². The number of methoxy groups -OCH3 is 2. The van der Waals surface area contributed by atoms with E-state index in [2.05, 4.69) is 10.4 Å². The van der Waals surface area contributed by atoms with Crippen LogP contribution in [0.3, 0.4) is 0 Å². The smallest absolute Gasteiger partial charge is 0.329 e. The quantitative estimate of drug-likeness (QED) is 0.389. The summed E-state index contributed by atoms with van der Waals surface area (Å²) in [6.07, 6.45) is 2.65. The van der Waals surface area contributed by atoms with Crippen LogP contribution in [0.4, 0.5) is 5.82 Å². The van der Waals surface area contributed by atoms with Crippen LogP contribution in [0.1, 0.15) is 25.3 Å². The third-order valence-electron chi connectivity index (χ3n) is 5.72. The van der Waals surface area contributed by atoms with Gasteiger partial charge in [0.1, 0.15) is 5.82 Å². The second-order valence-electron chi connectivity index (χ2n) is 7.90. The molecule has 0 saturated heterocycles. The first-order valence-corrected chi connectivity index (χ1v) is 11.3. The average Bonchev–Trinajstić information content (AvgIpc) is 3.39. The van der Waals surface area contributed by atoms with Crippen molar-refractivity contribution in [1.82, 2.24) is 18.9 Å². The molecule has 0 aliphatic rings. The van der Waals surface area contributed by atoms with E-state index in [9.17, 15) is 9.59 Å². The summed E-state index contributed by atoms with van der Waals surface area (Å²) in [5, 5.41) is 7.25. The highest BCUT2D eigenvalue weighted by Crippen LogP contribution is 2.31. The number of fused-ring (bicyclic) bond motifs is 1. The normalized spacial score (nSPS) is 11.0. The summed E-state index contributed by atoms with van der Waals surface area (Å²) in [6.45, 7) is 3.37. The number of hydrogen-bond acceptors (Lipinski definition) is 5. The highest BCUT2D eigenvalue weighted by molar-refractivity contribution is 5.90. The van der Waals surface area contributed by atoms with Gasteiger partial charge in [-0.1, -0.05) is 31.2 Å². The number of carbonyl (C=O) groups excluding carboxylic acids is 1. The fourth-order valence-corrected chi connectivity index (χ4v) is 4.15. The first-order valence-electron chi connectivity index (χ1n) is 11.3. The molecule has 0 bridgehead atoms. The van der Waals surface area contributed by atoms with Crippen LogP contribution in [-0.2, 0) is 24.4 Å². The molecule has 4 rings (SSSR count). The Morgan fingerprint density at radius 2 is 1.71 bits per heavy atom. The van der Waals surface area contributed by atoms with Gasteiger partial charge in [0.05, 0.1) is 38.0 Å². The highest BCUT2D eigenvalue weighted by Gasteiger charge is 2.16. The minimum atomic E-state index is -0.196. The van der Waals surface area contributed by atoms with Crippen LogP contribution in [-0.4, -0.2) is 39.0 Å². The molecule has 2 aromatic heterocycles. The zero-order valence-electron chi connectivity index (χ0n) is 19.7. The number of amides is 1. The fourth-order valence-electron chi connectivity index (χ4n) is 4.15. The average molecular weight is 464 g/mol. The molecule has 178 valence electrons. The summed E-state index contributed by atoms with van der Waals surface area (Å²) in [4.78, 5) is 25.7. The lowest BCUT2D eigenvalue weighted by Gasteiger charge is -2.14. The lowest BCUT2D eigenvalue weighted by Crippen LogP contribution is -2.26. The zero-order valence-corrected chi connectivity index (χ0v) is 19.7.